The molecule has 0 bridgehead atoms. The van der Waals surface area contributed by atoms with E-state index in [2.05, 4.69) is 0 Å². The van der Waals surface area contributed by atoms with Crippen molar-refractivity contribution in [1.29, 1.82) is 0 Å². The maximum atomic E-state index is 10.1. The van der Waals surface area contributed by atoms with Crippen LogP contribution in [0.1, 0.15) is 13.8 Å². The Morgan fingerprint density at radius 2 is 2.11 bits per heavy atom. The zero-order valence-corrected chi connectivity index (χ0v) is 6.16. The van der Waals surface area contributed by atoms with Crippen LogP contribution in [-0.4, -0.2) is 24.4 Å². The van der Waals surface area contributed by atoms with Crippen molar-refractivity contribution < 1.29 is 4.79 Å². The van der Waals surface area contributed by atoms with Crippen molar-refractivity contribution in [3.8, 4) is 0 Å². The summed E-state index contributed by atoms with van der Waals surface area (Å²) in [5.74, 6) is 0. The molecule has 1 unspecified atom stereocenters. The average Bonchev–Trinajstić information content (AvgIpc) is 1.87. The van der Waals surface area contributed by atoms with Gasteiger partial charge in [-0.05, 0) is 13.8 Å². The number of nitrogens with zero attached hydrogens (tertiary/aromatic N) is 1. The zero-order valence-electron chi connectivity index (χ0n) is 6.16. The Morgan fingerprint density at radius 1 is 1.56 bits per heavy atom. The van der Waals surface area contributed by atoms with Gasteiger partial charge in [0, 0.05) is 13.1 Å². The van der Waals surface area contributed by atoms with Crippen LogP contribution in [0, 0.1) is 0 Å². The fraction of sp³-hybridized carbons (Fsp3) is 0.571. The molecule has 0 rings (SSSR count). The second-order valence-electron chi connectivity index (χ2n) is 2.04. The third kappa shape index (κ3) is 2.90. The number of carbonyl (C=O) groups excluding carboxylic acids is 1. The van der Waals surface area contributed by atoms with Crippen LogP contribution in [0.25, 0.3) is 0 Å². The van der Waals surface area contributed by atoms with E-state index in [-0.39, 0.29) is 6.04 Å². The standard InChI is InChI=1S/C7H13NO/c1-4-5-7(2)8(3)6-9/h4-7H,1-3H3/b5-4-. The minimum absolute atomic E-state index is 0.215. The first-order valence-electron chi connectivity index (χ1n) is 3.02. The summed E-state index contributed by atoms with van der Waals surface area (Å²) in [6, 6.07) is 0.215. The van der Waals surface area contributed by atoms with E-state index in [1.54, 1.807) is 11.9 Å². The van der Waals surface area contributed by atoms with Crippen LogP contribution in [-0.2, 0) is 4.79 Å². The lowest BCUT2D eigenvalue weighted by Gasteiger charge is -2.15. The SMILES string of the molecule is C/C=C\C(C)N(C)C=O. The highest BCUT2D eigenvalue weighted by Crippen LogP contribution is 1.92. The van der Waals surface area contributed by atoms with Gasteiger partial charge in [-0.2, -0.15) is 0 Å². The van der Waals surface area contributed by atoms with E-state index in [1.165, 1.54) is 0 Å². The lowest BCUT2D eigenvalue weighted by molar-refractivity contribution is -0.117. The van der Waals surface area contributed by atoms with Crippen LogP contribution in [0.4, 0.5) is 0 Å². The second-order valence-corrected chi connectivity index (χ2v) is 2.04. The van der Waals surface area contributed by atoms with E-state index in [0.29, 0.717) is 0 Å². The molecule has 0 spiro atoms. The van der Waals surface area contributed by atoms with Gasteiger partial charge in [-0.15, -0.1) is 0 Å². The summed E-state index contributed by atoms with van der Waals surface area (Å²) in [5.41, 5.74) is 0. The third-order valence-corrected chi connectivity index (χ3v) is 1.28. The molecule has 0 N–H and O–H groups in total. The molecule has 0 aliphatic heterocycles. The van der Waals surface area contributed by atoms with Gasteiger partial charge in [0.1, 0.15) is 0 Å². The topological polar surface area (TPSA) is 20.3 Å². The smallest absolute Gasteiger partial charge is 0.209 e. The predicted octanol–water partition coefficient (Wildman–Crippen LogP) is 1.04. The Labute approximate surface area is 56.2 Å². The lowest BCUT2D eigenvalue weighted by atomic mass is 10.3. The summed E-state index contributed by atoms with van der Waals surface area (Å²) >= 11 is 0. The van der Waals surface area contributed by atoms with Gasteiger partial charge >= 0.3 is 0 Å². The fourth-order valence-corrected chi connectivity index (χ4v) is 0.510. The molecule has 0 aromatic carbocycles. The van der Waals surface area contributed by atoms with Crippen LogP contribution in [0.15, 0.2) is 12.2 Å². The number of rotatable bonds is 3. The molecule has 0 aromatic rings. The van der Waals surface area contributed by atoms with E-state index in [9.17, 15) is 4.79 Å². The van der Waals surface area contributed by atoms with Gasteiger partial charge in [0.05, 0.1) is 0 Å². The number of amides is 1. The normalized spacial score (nSPS) is 13.7. The highest BCUT2D eigenvalue weighted by atomic mass is 16.1. The summed E-state index contributed by atoms with van der Waals surface area (Å²) in [7, 11) is 1.76. The molecule has 2 heteroatoms. The number of likely N-dealkylation sites (N-methyl/N-ethyl adjacent to an activating group) is 1. The van der Waals surface area contributed by atoms with E-state index in [0.717, 1.165) is 6.41 Å². The van der Waals surface area contributed by atoms with Crippen molar-refractivity contribution in [2.45, 2.75) is 19.9 Å². The highest BCUT2D eigenvalue weighted by molar-refractivity contribution is 5.47. The van der Waals surface area contributed by atoms with Crippen LogP contribution in [0.2, 0.25) is 0 Å². The summed E-state index contributed by atoms with van der Waals surface area (Å²) in [5, 5.41) is 0. The molecule has 0 fully saturated rings. The number of allylic oxidation sites excluding steroid dienone is 1. The number of hydrogen-bond donors (Lipinski definition) is 0. The molecule has 9 heavy (non-hydrogen) atoms. The fourth-order valence-electron chi connectivity index (χ4n) is 0.510. The molecule has 0 aliphatic carbocycles. The van der Waals surface area contributed by atoms with Crippen molar-refractivity contribution in [1.82, 2.24) is 4.90 Å². The Kier molecular flexibility index (Phi) is 3.76. The molecule has 0 aliphatic rings. The van der Waals surface area contributed by atoms with Crippen LogP contribution in [0.5, 0.6) is 0 Å². The van der Waals surface area contributed by atoms with Crippen molar-refractivity contribution in [2.24, 2.45) is 0 Å². The van der Waals surface area contributed by atoms with Crippen molar-refractivity contribution >= 4 is 6.41 Å². The van der Waals surface area contributed by atoms with Crippen molar-refractivity contribution in [2.75, 3.05) is 7.05 Å². The minimum Gasteiger partial charge on any atom is -0.342 e. The van der Waals surface area contributed by atoms with Gasteiger partial charge < -0.3 is 4.90 Å². The zero-order chi connectivity index (χ0) is 7.28. The van der Waals surface area contributed by atoms with E-state index in [1.807, 2.05) is 26.0 Å². The summed E-state index contributed by atoms with van der Waals surface area (Å²) in [6.07, 6.45) is 4.73. The molecule has 2 nitrogen and oxygen atoms in total. The van der Waals surface area contributed by atoms with Gasteiger partial charge in [0.2, 0.25) is 6.41 Å². The van der Waals surface area contributed by atoms with Crippen LogP contribution >= 0.6 is 0 Å². The minimum atomic E-state index is 0.215. The van der Waals surface area contributed by atoms with E-state index in [4.69, 9.17) is 0 Å². The molecule has 0 aromatic heterocycles. The molecule has 1 amide bonds. The summed E-state index contributed by atoms with van der Waals surface area (Å²) in [6.45, 7) is 3.91. The number of hydrogen-bond acceptors (Lipinski definition) is 1. The molecular formula is C7H13NO. The molecule has 0 saturated heterocycles. The quantitative estimate of drug-likeness (QED) is 0.409. The first-order chi connectivity index (χ1) is 4.22. The molecule has 0 saturated carbocycles. The Balaban J connectivity index is 3.71. The van der Waals surface area contributed by atoms with Crippen molar-refractivity contribution in [3.05, 3.63) is 12.2 Å². The second kappa shape index (κ2) is 4.13. The van der Waals surface area contributed by atoms with Gasteiger partial charge in [-0.1, -0.05) is 12.2 Å². The molecular weight excluding hydrogens is 114 g/mol. The first kappa shape index (κ1) is 8.21. The Bertz CT molecular complexity index is 109. The van der Waals surface area contributed by atoms with Gasteiger partial charge in [-0.3, -0.25) is 4.79 Å². The highest BCUT2D eigenvalue weighted by Gasteiger charge is 1.98. The molecule has 0 heterocycles. The maximum Gasteiger partial charge on any atom is 0.209 e. The van der Waals surface area contributed by atoms with E-state index >= 15 is 0 Å². The number of carbonyl (C=O) groups is 1. The third-order valence-electron chi connectivity index (χ3n) is 1.28. The first-order valence-corrected chi connectivity index (χ1v) is 3.02. The predicted molar refractivity (Wildman–Crippen MR) is 38.1 cm³/mol. The molecule has 0 radical (unpaired) electrons. The Hall–Kier alpha value is -0.790. The summed E-state index contributed by atoms with van der Waals surface area (Å²) < 4.78 is 0. The average molecular weight is 127 g/mol. The van der Waals surface area contributed by atoms with Crippen LogP contribution in [0.3, 0.4) is 0 Å². The van der Waals surface area contributed by atoms with Gasteiger partial charge in [-0.25, -0.2) is 0 Å². The Morgan fingerprint density at radius 3 is 2.44 bits per heavy atom. The summed E-state index contributed by atoms with van der Waals surface area (Å²) in [4.78, 5) is 11.7. The molecule has 1 atom stereocenters. The maximum absolute atomic E-state index is 10.1. The molecule has 52 valence electrons. The van der Waals surface area contributed by atoms with Gasteiger partial charge in [0.25, 0.3) is 0 Å². The van der Waals surface area contributed by atoms with Crippen LogP contribution < -0.4 is 0 Å². The van der Waals surface area contributed by atoms with Gasteiger partial charge in [0.15, 0.2) is 0 Å². The van der Waals surface area contributed by atoms with Crippen molar-refractivity contribution in [3.63, 3.8) is 0 Å². The monoisotopic (exact) mass is 127 g/mol. The largest absolute Gasteiger partial charge is 0.342 e. The lowest BCUT2D eigenvalue weighted by Crippen LogP contribution is -2.25. The van der Waals surface area contributed by atoms with E-state index < -0.39 is 0 Å².